The van der Waals surface area contributed by atoms with Crippen LogP contribution in [0.25, 0.3) is 17.1 Å². The average Bonchev–Trinajstić information content (AvgIpc) is 3.53. The van der Waals surface area contributed by atoms with E-state index in [0.29, 0.717) is 22.3 Å². The summed E-state index contributed by atoms with van der Waals surface area (Å²) in [5.74, 6) is 0.542. The second-order valence-corrected chi connectivity index (χ2v) is 9.47. The Bertz CT molecular complexity index is 1450. The first kappa shape index (κ1) is 22.9. The number of carbonyl (C=O) groups excluding carboxylic acids is 1. The Morgan fingerprint density at radius 1 is 1.03 bits per heavy atom. The van der Waals surface area contributed by atoms with E-state index in [1.54, 1.807) is 17.8 Å². The van der Waals surface area contributed by atoms with Crippen molar-refractivity contribution in [3.8, 4) is 17.1 Å². The van der Waals surface area contributed by atoms with Gasteiger partial charge in [0.15, 0.2) is 11.0 Å². The lowest BCUT2D eigenvalue weighted by Gasteiger charge is -2.10. The number of nitrogens with zero attached hydrogens (tertiary/aromatic N) is 5. The van der Waals surface area contributed by atoms with Gasteiger partial charge in [0, 0.05) is 34.7 Å². The van der Waals surface area contributed by atoms with Gasteiger partial charge in [-0.25, -0.2) is 9.37 Å². The minimum absolute atomic E-state index is 0.312. The third kappa shape index (κ3) is 5.28. The Kier molecular flexibility index (Phi) is 6.64. The first-order valence-electron chi connectivity index (χ1n) is 10.6. The minimum atomic E-state index is -0.360. The van der Waals surface area contributed by atoms with Gasteiger partial charge in [-0.2, -0.15) is 0 Å². The van der Waals surface area contributed by atoms with E-state index in [2.05, 4.69) is 25.5 Å². The Balaban J connectivity index is 1.35. The van der Waals surface area contributed by atoms with Crippen LogP contribution in [-0.2, 0) is 5.75 Å². The number of nitrogens with one attached hydrogen (secondary N) is 1. The van der Waals surface area contributed by atoms with Gasteiger partial charge < -0.3 is 5.32 Å². The summed E-state index contributed by atoms with van der Waals surface area (Å²) in [6.07, 6.45) is 3.45. The molecule has 0 saturated heterocycles. The highest BCUT2D eigenvalue weighted by molar-refractivity contribution is 7.98. The quantitative estimate of drug-likeness (QED) is 0.284. The third-order valence-corrected chi connectivity index (χ3v) is 7.05. The van der Waals surface area contributed by atoms with E-state index in [1.165, 1.54) is 47.4 Å². The lowest BCUT2D eigenvalue weighted by atomic mass is 10.2. The summed E-state index contributed by atoms with van der Waals surface area (Å²) in [6.45, 7) is 2.04. The molecule has 3 aromatic heterocycles. The van der Waals surface area contributed by atoms with Crippen LogP contribution in [-0.4, -0.2) is 30.6 Å². The van der Waals surface area contributed by atoms with Gasteiger partial charge in [-0.15, -0.1) is 21.5 Å². The van der Waals surface area contributed by atoms with Crippen molar-refractivity contribution < 1.29 is 9.18 Å². The van der Waals surface area contributed by atoms with Crippen LogP contribution in [0.2, 0.25) is 0 Å². The molecule has 1 amide bonds. The first-order chi connectivity index (χ1) is 17.1. The Hall–Kier alpha value is -3.89. The van der Waals surface area contributed by atoms with Gasteiger partial charge in [0.2, 0.25) is 0 Å². The van der Waals surface area contributed by atoms with Gasteiger partial charge in [-0.1, -0.05) is 29.5 Å². The van der Waals surface area contributed by atoms with Gasteiger partial charge >= 0.3 is 0 Å². The van der Waals surface area contributed by atoms with E-state index in [-0.39, 0.29) is 11.7 Å². The molecular weight excluding hydrogens is 483 g/mol. The number of hydrogen-bond acceptors (Lipinski definition) is 7. The molecule has 0 fully saturated rings. The molecule has 174 valence electrons. The highest BCUT2D eigenvalue weighted by atomic mass is 32.2. The number of aryl methyl sites for hydroxylation is 1. The zero-order chi connectivity index (χ0) is 24.2. The maximum Gasteiger partial charge on any atom is 0.275 e. The molecular formula is C25H19FN6OS2. The number of rotatable bonds is 7. The van der Waals surface area contributed by atoms with Gasteiger partial charge in [0.1, 0.15) is 16.5 Å². The van der Waals surface area contributed by atoms with Crippen LogP contribution in [0.1, 0.15) is 21.1 Å². The molecule has 0 atom stereocenters. The van der Waals surface area contributed by atoms with E-state index < -0.39 is 0 Å². The summed E-state index contributed by atoms with van der Waals surface area (Å²) in [7, 11) is 0. The van der Waals surface area contributed by atoms with E-state index >= 15 is 0 Å². The molecule has 35 heavy (non-hydrogen) atoms. The van der Waals surface area contributed by atoms with Gasteiger partial charge in [0.05, 0.1) is 5.75 Å². The molecule has 0 saturated carbocycles. The second kappa shape index (κ2) is 10.2. The third-order valence-electron chi connectivity index (χ3n) is 5.08. The molecule has 1 N–H and O–H groups in total. The number of halogens is 1. The second-order valence-electron chi connectivity index (χ2n) is 7.59. The van der Waals surface area contributed by atoms with Crippen LogP contribution in [0.15, 0.2) is 83.6 Å². The predicted molar refractivity (Wildman–Crippen MR) is 135 cm³/mol. The highest BCUT2D eigenvalue weighted by Gasteiger charge is 2.18. The average molecular weight is 503 g/mol. The summed E-state index contributed by atoms with van der Waals surface area (Å²) in [5, 5.41) is 14.8. The standard InChI is InChI=1S/C25H19FN6OS2/c1-16-2-8-20(9-3-16)32-23(17-10-12-27-13-11-17)30-31-25(32)35-15-22-29-21(14-34-22)24(33)28-19-6-4-18(26)5-7-19/h2-14H,15H2,1H3,(H,28,33). The number of benzene rings is 2. The van der Waals surface area contributed by atoms with Crippen LogP contribution in [0.3, 0.4) is 0 Å². The molecule has 2 aromatic carbocycles. The molecule has 0 radical (unpaired) electrons. The Labute approximate surface area is 209 Å². The molecule has 0 spiro atoms. The zero-order valence-corrected chi connectivity index (χ0v) is 20.2. The predicted octanol–water partition coefficient (Wildman–Crippen LogP) is 5.78. The zero-order valence-electron chi connectivity index (χ0n) is 18.6. The van der Waals surface area contributed by atoms with Crippen molar-refractivity contribution in [3.63, 3.8) is 0 Å². The number of thioether (sulfide) groups is 1. The summed E-state index contributed by atoms with van der Waals surface area (Å²) in [6, 6.07) is 17.6. The summed E-state index contributed by atoms with van der Waals surface area (Å²) < 4.78 is 15.1. The largest absolute Gasteiger partial charge is 0.321 e. The topological polar surface area (TPSA) is 85.6 Å². The van der Waals surface area contributed by atoms with Crippen LogP contribution in [0, 0.1) is 12.7 Å². The van der Waals surface area contributed by atoms with Crippen molar-refractivity contribution in [1.29, 1.82) is 0 Å². The monoisotopic (exact) mass is 502 g/mol. The van der Waals surface area contributed by atoms with Gasteiger partial charge in [0.25, 0.3) is 5.91 Å². The van der Waals surface area contributed by atoms with Crippen LogP contribution in [0.4, 0.5) is 10.1 Å². The maximum atomic E-state index is 13.1. The lowest BCUT2D eigenvalue weighted by molar-refractivity contribution is 0.102. The van der Waals surface area contributed by atoms with Crippen LogP contribution >= 0.6 is 23.1 Å². The number of carbonyl (C=O) groups is 1. The van der Waals surface area contributed by atoms with Crippen molar-refractivity contribution in [2.75, 3.05) is 5.32 Å². The Morgan fingerprint density at radius 3 is 2.51 bits per heavy atom. The minimum Gasteiger partial charge on any atom is -0.321 e. The summed E-state index contributed by atoms with van der Waals surface area (Å²) in [4.78, 5) is 21.1. The normalized spacial score (nSPS) is 10.9. The molecule has 10 heteroatoms. The fraction of sp³-hybridized carbons (Fsp3) is 0.0800. The number of amides is 1. The van der Waals surface area contributed by atoms with Crippen molar-refractivity contribution in [2.45, 2.75) is 17.8 Å². The SMILES string of the molecule is Cc1ccc(-n2c(SCc3nc(C(=O)Nc4ccc(F)cc4)cs3)nnc2-c2ccncc2)cc1. The van der Waals surface area contributed by atoms with Crippen molar-refractivity contribution in [1.82, 2.24) is 24.7 Å². The molecule has 0 unspecified atom stereocenters. The maximum absolute atomic E-state index is 13.1. The fourth-order valence-corrected chi connectivity index (χ4v) is 5.06. The molecule has 0 bridgehead atoms. The van der Waals surface area contributed by atoms with E-state index in [0.717, 1.165) is 27.6 Å². The number of aromatic nitrogens is 5. The highest BCUT2D eigenvalue weighted by Crippen LogP contribution is 2.30. The number of thiazole rings is 1. The van der Waals surface area contributed by atoms with Crippen molar-refractivity contribution in [3.05, 3.63) is 101 Å². The first-order valence-corrected chi connectivity index (χ1v) is 12.5. The van der Waals surface area contributed by atoms with E-state index in [4.69, 9.17) is 0 Å². The lowest BCUT2D eigenvalue weighted by Crippen LogP contribution is -2.12. The van der Waals surface area contributed by atoms with Crippen molar-refractivity contribution in [2.24, 2.45) is 0 Å². The molecule has 7 nitrogen and oxygen atoms in total. The fourth-order valence-electron chi connectivity index (χ4n) is 3.31. The van der Waals surface area contributed by atoms with Gasteiger partial charge in [-0.3, -0.25) is 14.3 Å². The molecule has 0 aliphatic heterocycles. The number of hydrogen-bond donors (Lipinski definition) is 1. The molecule has 0 aliphatic carbocycles. The number of pyridine rings is 1. The van der Waals surface area contributed by atoms with E-state index in [9.17, 15) is 9.18 Å². The van der Waals surface area contributed by atoms with Crippen LogP contribution in [0.5, 0.6) is 0 Å². The molecule has 0 aliphatic rings. The Morgan fingerprint density at radius 2 is 1.77 bits per heavy atom. The van der Waals surface area contributed by atoms with Crippen LogP contribution < -0.4 is 5.32 Å². The van der Waals surface area contributed by atoms with Crippen molar-refractivity contribution >= 4 is 34.7 Å². The molecule has 5 aromatic rings. The van der Waals surface area contributed by atoms with Gasteiger partial charge in [-0.05, 0) is 55.5 Å². The summed E-state index contributed by atoms with van der Waals surface area (Å²) >= 11 is 2.89. The van der Waals surface area contributed by atoms with E-state index in [1.807, 2.05) is 47.9 Å². The smallest absolute Gasteiger partial charge is 0.275 e. The summed E-state index contributed by atoms with van der Waals surface area (Å²) in [5.41, 5.74) is 3.85. The molecule has 5 rings (SSSR count). The molecule has 3 heterocycles. The number of anilines is 1.